The summed E-state index contributed by atoms with van der Waals surface area (Å²) in [5, 5.41) is 3.21. The van der Waals surface area contributed by atoms with Crippen LogP contribution in [-0.4, -0.2) is 25.2 Å². The van der Waals surface area contributed by atoms with Crippen LogP contribution < -0.4 is 5.32 Å². The first-order valence-electron chi connectivity index (χ1n) is 5.15. The van der Waals surface area contributed by atoms with Gasteiger partial charge in [-0.25, -0.2) is 0 Å². The fraction of sp³-hybridized carbons (Fsp3) is 0.900. The second kappa shape index (κ2) is 5.22. The van der Waals surface area contributed by atoms with Gasteiger partial charge < -0.3 is 10.1 Å². The Morgan fingerprint density at radius 3 is 3.00 bits per heavy atom. The Hall–Kier alpha value is -0.570. The van der Waals surface area contributed by atoms with E-state index in [-0.39, 0.29) is 18.0 Å². The van der Waals surface area contributed by atoms with E-state index in [9.17, 15) is 4.79 Å². The topological polar surface area (TPSA) is 38.3 Å². The molecule has 1 saturated heterocycles. The predicted molar refractivity (Wildman–Crippen MR) is 51.4 cm³/mol. The molecule has 1 aliphatic rings. The monoisotopic (exact) mass is 185 g/mol. The van der Waals surface area contributed by atoms with Gasteiger partial charge in [0.25, 0.3) is 0 Å². The molecule has 0 radical (unpaired) electrons. The molecule has 0 amide bonds. The molecule has 13 heavy (non-hydrogen) atoms. The SMILES string of the molecule is CCC(C)OC(=O)[C@H]1CCCNC1. The van der Waals surface area contributed by atoms with Gasteiger partial charge in [-0.15, -0.1) is 0 Å². The van der Waals surface area contributed by atoms with E-state index in [1.165, 1.54) is 0 Å². The van der Waals surface area contributed by atoms with Crippen LogP contribution in [-0.2, 0) is 9.53 Å². The van der Waals surface area contributed by atoms with Gasteiger partial charge in [-0.1, -0.05) is 6.92 Å². The highest BCUT2D eigenvalue weighted by atomic mass is 16.5. The Bertz CT molecular complexity index is 164. The highest BCUT2D eigenvalue weighted by Crippen LogP contribution is 2.13. The third kappa shape index (κ3) is 3.35. The molecule has 1 N–H and O–H groups in total. The van der Waals surface area contributed by atoms with Crippen molar-refractivity contribution in [1.29, 1.82) is 0 Å². The summed E-state index contributed by atoms with van der Waals surface area (Å²) in [6.45, 7) is 5.79. The van der Waals surface area contributed by atoms with Crippen molar-refractivity contribution in [1.82, 2.24) is 5.32 Å². The zero-order valence-electron chi connectivity index (χ0n) is 8.51. The molecule has 1 fully saturated rings. The maximum atomic E-state index is 11.5. The number of ether oxygens (including phenoxy) is 1. The number of carbonyl (C=O) groups is 1. The molecular weight excluding hydrogens is 166 g/mol. The van der Waals surface area contributed by atoms with Crippen LogP contribution in [0.25, 0.3) is 0 Å². The van der Waals surface area contributed by atoms with Gasteiger partial charge in [0.2, 0.25) is 0 Å². The second-order valence-electron chi connectivity index (χ2n) is 3.70. The van der Waals surface area contributed by atoms with Gasteiger partial charge >= 0.3 is 5.97 Å². The van der Waals surface area contributed by atoms with E-state index in [2.05, 4.69) is 5.32 Å². The lowest BCUT2D eigenvalue weighted by Gasteiger charge is -2.22. The lowest BCUT2D eigenvalue weighted by molar-refractivity contribution is -0.153. The number of carbonyl (C=O) groups excluding carboxylic acids is 1. The average molecular weight is 185 g/mol. The first-order chi connectivity index (χ1) is 6.24. The summed E-state index contributed by atoms with van der Waals surface area (Å²) in [5.74, 6) is 0.0595. The third-order valence-corrected chi connectivity index (χ3v) is 2.52. The molecule has 3 heteroatoms. The molecule has 2 atom stereocenters. The molecule has 1 aliphatic heterocycles. The highest BCUT2D eigenvalue weighted by molar-refractivity contribution is 5.73. The Labute approximate surface area is 79.8 Å². The molecule has 1 rings (SSSR count). The molecule has 0 aromatic heterocycles. The lowest BCUT2D eigenvalue weighted by Crippen LogP contribution is -2.36. The quantitative estimate of drug-likeness (QED) is 0.674. The van der Waals surface area contributed by atoms with Gasteiger partial charge in [0.1, 0.15) is 0 Å². The lowest BCUT2D eigenvalue weighted by atomic mass is 10.00. The van der Waals surface area contributed by atoms with Crippen molar-refractivity contribution in [3.63, 3.8) is 0 Å². The Morgan fingerprint density at radius 2 is 2.46 bits per heavy atom. The molecule has 3 nitrogen and oxygen atoms in total. The summed E-state index contributed by atoms with van der Waals surface area (Å²) in [6, 6.07) is 0. The second-order valence-corrected chi connectivity index (χ2v) is 3.70. The molecule has 1 unspecified atom stereocenters. The van der Waals surface area contributed by atoms with Crippen LogP contribution >= 0.6 is 0 Å². The van der Waals surface area contributed by atoms with Crippen molar-refractivity contribution in [3.8, 4) is 0 Å². The zero-order valence-corrected chi connectivity index (χ0v) is 8.51. The van der Waals surface area contributed by atoms with E-state index in [1.807, 2.05) is 13.8 Å². The van der Waals surface area contributed by atoms with Crippen molar-refractivity contribution in [3.05, 3.63) is 0 Å². The fourth-order valence-electron chi connectivity index (χ4n) is 1.43. The fourth-order valence-corrected chi connectivity index (χ4v) is 1.43. The Morgan fingerprint density at radius 1 is 1.69 bits per heavy atom. The van der Waals surface area contributed by atoms with Crippen molar-refractivity contribution in [2.45, 2.75) is 39.2 Å². The summed E-state index contributed by atoms with van der Waals surface area (Å²) in [7, 11) is 0. The van der Waals surface area contributed by atoms with Gasteiger partial charge in [-0.2, -0.15) is 0 Å². The molecule has 76 valence electrons. The summed E-state index contributed by atoms with van der Waals surface area (Å²) >= 11 is 0. The van der Waals surface area contributed by atoms with Crippen molar-refractivity contribution >= 4 is 5.97 Å². The molecule has 0 bridgehead atoms. The van der Waals surface area contributed by atoms with Crippen LogP contribution in [0.4, 0.5) is 0 Å². The van der Waals surface area contributed by atoms with E-state index in [1.54, 1.807) is 0 Å². The first kappa shape index (κ1) is 10.5. The van der Waals surface area contributed by atoms with Crippen LogP contribution in [0, 0.1) is 5.92 Å². The summed E-state index contributed by atoms with van der Waals surface area (Å²) < 4.78 is 5.26. The average Bonchev–Trinajstić information content (AvgIpc) is 2.19. The normalized spacial score (nSPS) is 25.2. The maximum Gasteiger partial charge on any atom is 0.310 e. The zero-order chi connectivity index (χ0) is 9.68. The van der Waals surface area contributed by atoms with E-state index >= 15 is 0 Å². The minimum Gasteiger partial charge on any atom is -0.462 e. The molecule has 1 heterocycles. The van der Waals surface area contributed by atoms with E-state index in [4.69, 9.17) is 4.74 Å². The van der Waals surface area contributed by atoms with Crippen molar-refractivity contribution in [2.75, 3.05) is 13.1 Å². The van der Waals surface area contributed by atoms with E-state index < -0.39 is 0 Å². The molecule has 0 spiro atoms. The van der Waals surface area contributed by atoms with Crippen molar-refractivity contribution < 1.29 is 9.53 Å². The highest BCUT2D eigenvalue weighted by Gasteiger charge is 2.23. The van der Waals surface area contributed by atoms with Crippen LogP contribution in [0.15, 0.2) is 0 Å². The van der Waals surface area contributed by atoms with Crippen LogP contribution in [0.3, 0.4) is 0 Å². The molecule has 0 aliphatic carbocycles. The van der Waals surface area contributed by atoms with Gasteiger partial charge in [-0.3, -0.25) is 4.79 Å². The summed E-state index contributed by atoms with van der Waals surface area (Å²) in [6.07, 6.45) is 3.02. The van der Waals surface area contributed by atoms with Crippen molar-refractivity contribution in [2.24, 2.45) is 5.92 Å². The standard InChI is InChI=1S/C10H19NO2/c1-3-8(2)13-10(12)9-5-4-6-11-7-9/h8-9,11H,3-7H2,1-2H3/t8?,9-/m0/s1. The first-order valence-corrected chi connectivity index (χ1v) is 5.15. The number of rotatable bonds is 3. The van der Waals surface area contributed by atoms with E-state index in [0.29, 0.717) is 0 Å². The number of hydrogen-bond donors (Lipinski definition) is 1. The van der Waals surface area contributed by atoms with E-state index in [0.717, 1.165) is 32.4 Å². The Balaban J connectivity index is 2.29. The Kier molecular flexibility index (Phi) is 4.22. The van der Waals surface area contributed by atoms with Gasteiger partial charge in [0.15, 0.2) is 0 Å². The van der Waals surface area contributed by atoms with Crippen LogP contribution in [0.5, 0.6) is 0 Å². The van der Waals surface area contributed by atoms with Gasteiger partial charge in [0, 0.05) is 6.54 Å². The smallest absolute Gasteiger partial charge is 0.310 e. The van der Waals surface area contributed by atoms with Gasteiger partial charge in [0.05, 0.1) is 12.0 Å². The minimum atomic E-state index is -0.0263. The number of piperidine rings is 1. The van der Waals surface area contributed by atoms with Gasteiger partial charge in [-0.05, 0) is 32.7 Å². The van der Waals surface area contributed by atoms with Crippen LogP contribution in [0.2, 0.25) is 0 Å². The number of hydrogen-bond acceptors (Lipinski definition) is 3. The molecule has 0 saturated carbocycles. The largest absolute Gasteiger partial charge is 0.462 e. The predicted octanol–water partition coefficient (Wildman–Crippen LogP) is 1.33. The third-order valence-electron chi connectivity index (χ3n) is 2.52. The maximum absolute atomic E-state index is 11.5. The molecular formula is C10H19NO2. The molecule has 0 aromatic carbocycles. The summed E-state index contributed by atoms with van der Waals surface area (Å²) in [5.41, 5.74) is 0. The number of nitrogens with one attached hydrogen (secondary N) is 1. The number of esters is 1. The van der Waals surface area contributed by atoms with Crippen LogP contribution in [0.1, 0.15) is 33.1 Å². The summed E-state index contributed by atoms with van der Waals surface area (Å²) in [4.78, 5) is 11.5. The minimum absolute atomic E-state index is 0.0263. The molecule has 0 aromatic rings.